The van der Waals surface area contributed by atoms with E-state index >= 15 is 0 Å². The summed E-state index contributed by atoms with van der Waals surface area (Å²) in [5, 5.41) is 9.61. The number of benzene rings is 1. The second-order valence-electron chi connectivity index (χ2n) is 6.36. The van der Waals surface area contributed by atoms with Crippen LogP contribution in [-0.2, 0) is 17.6 Å². The Bertz CT molecular complexity index is 503. The third-order valence-corrected chi connectivity index (χ3v) is 3.21. The van der Waals surface area contributed by atoms with Gasteiger partial charge in [0.15, 0.2) is 0 Å². The van der Waals surface area contributed by atoms with Crippen LogP contribution in [0, 0.1) is 0 Å². The first-order valence-corrected chi connectivity index (χ1v) is 7.07. The highest BCUT2D eigenvalue weighted by molar-refractivity contribution is 5.91. The lowest BCUT2D eigenvalue weighted by Gasteiger charge is -2.26. The third kappa shape index (κ3) is 3.31. The van der Waals surface area contributed by atoms with Crippen molar-refractivity contribution in [3.8, 4) is 0 Å². The van der Waals surface area contributed by atoms with E-state index in [9.17, 15) is 9.90 Å². The van der Waals surface area contributed by atoms with Crippen LogP contribution < -0.4 is 4.90 Å². The van der Waals surface area contributed by atoms with Gasteiger partial charge in [-0.3, -0.25) is 4.90 Å². The normalized spacial score (nSPS) is 15.9. The van der Waals surface area contributed by atoms with Crippen LogP contribution in [0.5, 0.6) is 0 Å². The van der Waals surface area contributed by atoms with Gasteiger partial charge >= 0.3 is 6.09 Å². The summed E-state index contributed by atoms with van der Waals surface area (Å²) < 4.78 is 5.46. The number of carbonyl (C=O) groups is 1. The van der Waals surface area contributed by atoms with Gasteiger partial charge in [0.1, 0.15) is 5.60 Å². The molecule has 0 aliphatic carbocycles. The summed E-state index contributed by atoms with van der Waals surface area (Å²) in [6, 6.07) is 5.98. The van der Waals surface area contributed by atoms with Crippen LogP contribution in [0.2, 0.25) is 0 Å². The monoisotopic (exact) mass is 277 g/mol. The first kappa shape index (κ1) is 14.9. The summed E-state index contributed by atoms with van der Waals surface area (Å²) >= 11 is 0. The van der Waals surface area contributed by atoms with Crippen molar-refractivity contribution in [3.63, 3.8) is 0 Å². The van der Waals surface area contributed by atoms with Crippen molar-refractivity contribution in [2.45, 2.75) is 52.2 Å². The number of hydrogen-bond donors (Lipinski definition) is 1. The number of carbonyl (C=O) groups excluding carboxylic acids is 1. The fourth-order valence-corrected chi connectivity index (χ4v) is 2.52. The molecule has 2 rings (SSSR count). The molecular weight excluding hydrogens is 254 g/mol. The molecule has 0 aromatic heterocycles. The summed E-state index contributed by atoms with van der Waals surface area (Å²) in [5.74, 6) is 0. The number of ether oxygens (including phenoxy) is 1. The molecule has 110 valence electrons. The minimum atomic E-state index is -0.501. The molecule has 0 spiro atoms. The highest BCUT2D eigenvalue weighted by Gasteiger charge is 2.30. The quantitative estimate of drug-likeness (QED) is 0.904. The fourth-order valence-electron chi connectivity index (χ4n) is 2.52. The number of hydrogen-bond acceptors (Lipinski definition) is 3. The van der Waals surface area contributed by atoms with Crippen LogP contribution in [0.15, 0.2) is 18.2 Å². The predicted octanol–water partition coefficient (Wildman–Crippen LogP) is 2.91. The number of amides is 1. The zero-order chi connectivity index (χ0) is 14.9. The Morgan fingerprint density at radius 2 is 2.15 bits per heavy atom. The van der Waals surface area contributed by atoms with Gasteiger partial charge in [-0.05, 0) is 45.2 Å². The number of aliphatic hydroxyl groups excluding tert-OH is 1. The Morgan fingerprint density at radius 3 is 2.75 bits per heavy atom. The summed E-state index contributed by atoms with van der Waals surface area (Å²) in [7, 11) is 0. The SMILES string of the molecule is CC(O)Cc1cccc2c1N(C(=O)OC(C)(C)C)CC2. The molecular formula is C16H23NO3. The molecule has 0 saturated heterocycles. The predicted molar refractivity (Wildman–Crippen MR) is 79.1 cm³/mol. The number of fused-ring (bicyclic) bond motifs is 1. The number of para-hydroxylation sites is 1. The van der Waals surface area contributed by atoms with Crippen molar-refractivity contribution in [2.75, 3.05) is 11.4 Å². The first-order chi connectivity index (χ1) is 9.28. The van der Waals surface area contributed by atoms with Crippen molar-refractivity contribution >= 4 is 11.8 Å². The molecule has 1 aliphatic heterocycles. The van der Waals surface area contributed by atoms with E-state index in [0.717, 1.165) is 23.2 Å². The second kappa shape index (κ2) is 5.44. The lowest BCUT2D eigenvalue weighted by Crippen LogP contribution is -2.36. The fraction of sp³-hybridized carbons (Fsp3) is 0.562. The molecule has 1 aromatic carbocycles. The van der Waals surface area contributed by atoms with E-state index in [1.54, 1.807) is 11.8 Å². The van der Waals surface area contributed by atoms with Gasteiger partial charge in [0.2, 0.25) is 0 Å². The van der Waals surface area contributed by atoms with E-state index in [1.165, 1.54) is 0 Å². The van der Waals surface area contributed by atoms with Crippen LogP contribution >= 0.6 is 0 Å². The molecule has 0 saturated carbocycles. The van der Waals surface area contributed by atoms with E-state index in [2.05, 4.69) is 0 Å². The van der Waals surface area contributed by atoms with Crippen LogP contribution in [0.25, 0.3) is 0 Å². The lowest BCUT2D eigenvalue weighted by atomic mass is 10.0. The number of rotatable bonds is 2. The van der Waals surface area contributed by atoms with Gasteiger partial charge in [0.05, 0.1) is 11.8 Å². The zero-order valence-electron chi connectivity index (χ0n) is 12.6. The molecule has 1 aromatic rings. The van der Waals surface area contributed by atoms with Crippen LogP contribution in [0.4, 0.5) is 10.5 Å². The molecule has 4 heteroatoms. The summed E-state index contributed by atoms with van der Waals surface area (Å²) in [5.41, 5.74) is 2.57. The Balaban J connectivity index is 2.28. The molecule has 1 unspecified atom stereocenters. The van der Waals surface area contributed by atoms with E-state index < -0.39 is 11.7 Å². The van der Waals surface area contributed by atoms with Crippen LogP contribution in [0.1, 0.15) is 38.8 Å². The Labute approximate surface area is 120 Å². The number of nitrogens with zero attached hydrogens (tertiary/aromatic N) is 1. The molecule has 0 radical (unpaired) electrons. The van der Waals surface area contributed by atoms with E-state index in [-0.39, 0.29) is 6.09 Å². The zero-order valence-corrected chi connectivity index (χ0v) is 12.6. The van der Waals surface area contributed by atoms with Crippen LogP contribution in [-0.4, -0.2) is 29.4 Å². The van der Waals surface area contributed by atoms with Crippen molar-refractivity contribution in [2.24, 2.45) is 0 Å². The molecule has 0 bridgehead atoms. The number of aliphatic hydroxyl groups is 1. The lowest BCUT2D eigenvalue weighted by molar-refractivity contribution is 0.0583. The third-order valence-electron chi connectivity index (χ3n) is 3.21. The van der Waals surface area contributed by atoms with Crippen molar-refractivity contribution in [1.82, 2.24) is 0 Å². The maximum atomic E-state index is 12.3. The van der Waals surface area contributed by atoms with Crippen molar-refractivity contribution in [3.05, 3.63) is 29.3 Å². The first-order valence-electron chi connectivity index (χ1n) is 7.07. The Kier molecular flexibility index (Phi) is 4.04. The average molecular weight is 277 g/mol. The molecule has 1 heterocycles. The topological polar surface area (TPSA) is 49.8 Å². The molecule has 1 atom stereocenters. The van der Waals surface area contributed by atoms with Gasteiger partial charge in [-0.2, -0.15) is 0 Å². The maximum absolute atomic E-state index is 12.3. The Morgan fingerprint density at radius 1 is 1.45 bits per heavy atom. The molecule has 1 amide bonds. The van der Waals surface area contributed by atoms with Gasteiger partial charge in [0, 0.05) is 13.0 Å². The molecule has 1 N–H and O–H groups in total. The molecule has 4 nitrogen and oxygen atoms in total. The molecule has 20 heavy (non-hydrogen) atoms. The minimum Gasteiger partial charge on any atom is -0.443 e. The maximum Gasteiger partial charge on any atom is 0.414 e. The van der Waals surface area contributed by atoms with Gasteiger partial charge < -0.3 is 9.84 Å². The minimum absolute atomic E-state index is 0.311. The van der Waals surface area contributed by atoms with Crippen molar-refractivity contribution in [1.29, 1.82) is 0 Å². The highest BCUT2D eigenvalue weighted by Crippen LogP contribution is 2.33. The van der Waals surface area contributed by atoms with Crippen molar-refractivity contribution < 1.29 is 14.6 Å². The summed E-state index contributed by atoms with van der Waals surface area (Å²) in [6.07, 6.45) is 0.641. The molecule has 0 fully saturated rings. The van der Waals surface area contributed by atoms with Gasteiger partial charge in [-0.1, -0.05) is 18.2 Å². The summed E-state index contributed by atoms with van der Waals surface area (Å²) in [6.45, 7) is 7.99. The van der Waals surface area contributed by atoms with E-state index in [1.807, 2.05) is 39.0 Å². The second-order valence-corrected chi connectivity index (χ2v) is 6.36. The van der Waals surface area contributed by atoms with Gasteiger partial charge in [-0.15, -0.1) is 0 Å². The largest absolute Gasteiger partial charge is 0.443 e. The van der Waals surface area contributed by atoms with Gasteiger partial charge in [0.25, 0.3) is 0 Å². The average Bonchev–Trinajstić information content (AvgIpc) is 2.70. The summed E-state index contributed by atoms with van der Waals surface area (Å²) in [4.78, 5) is 14.0. The smallest absolute Gasteiger partial charge is 0.414 e. The van der Waals surface area contributed by atoms with E-state index in [0.29, 0.717) is 13.0 Å². The molecule has 1 aliphatic rings. The van der Waals surface area contributed by atoms with E-state index in [4.69, 9.17) is 4.74 Å². The Hall–Kier alpha value is -1.55. The van der Waals surface area contributed by atoms with Gasteiger partial charge in [-0.25, -0.2) is 4.79 Å². The standard InChI is InChI=1S/C16H23NO3/c1-11(18)10-13-7-5-6-12-8-9-17(14(12)13)15(19)20-16(2,3)4/h5-7,11,18H,8-10H2,1-4H3. The highest BCUT2D eigenvalue weighted by atomic mass is 16.6. The van der Waals surface area contributed by atoms with Crippen LogP contribution in [0.3, 0.4) is 0 Å². The number of anilines is 1.